The summed E-state index contributed by atoms with van der Waals surface area (Å²) < 4.78 is 0. The van der Waals surface area contributed by atoms with Crippen molar-refractivity contribution in [1.82, 2.24) is 9.80 Å². The first-order valence-corrected chi connectivity index (χ1v) is 5.82. The molecule has 0 aromatic carbocycles. The van der Waals surface area contributed by atoms with Gasteiger partial charge in [-0.3, -0.25) is 9.69 Å². The normalized spacial score (nSPS) is 10.7. The first-order valence-electron chi connectivity index (χ1n) is 5.82. The third kappa shape index (κ3) is 6.47. The van der Waals surface area contributed by atoms with Gasteiger partial charge in [0.05, 0.1) is 6.54 Å². The Morgan fingerprint density at radius 3 is 2.40 bits per heavy atom. The average Bonchev–Trinajstić information content (AvgIpc) is 2.24. The molecule has 0 heterocycles. The minimum Gasteiger partial charge on any atom is -0.345 e. The summed E-state index contributed by atoms with van der Waals surface area (Å²) in [6, 6.07) is 0. The molecular formula is C11H25N3O. The van der Waals surface area contributed by atoms with Gasteiger partial charge in [-0.05, 0) is 39.4 Å². The molecule has 1 amide bonds. The number of nitrogens with zero attached hydrogens (tertiary/aromatic N) is 2. The van der Waals surface area contributed by atoms with Crippen molar-refractivity contribution in [2.45, 2.75) is 26.7 Å². The van der Waals surface area contributed by atoms with E-state index in [1.807, 2.05) is 14.0 Å². The van der Waals surface area contributed by atoms with Crippen molar-refractivity contribution in [3.05, 3.63) is 0 Å². The van der Waals surface area contributed by atoms with Gasteiger partial charge < -0.3 is 10.6 Å². The molecule has 0 spiro atoms. The fraction of sp³-hybridized carbons (Fsp3) is 0.909. The van der Waals surface area contributed by atoms with Crippen molar-refractivity contribution in [3.63, 3.8) is 0 Å². The summed E-state index contributed by atoms with van der Waals surface area (Å²) in [5, 5.41) is 0. The quantitative estimate of drug-likeness (QED) is 0.642. The molecule has 4 heteroatoms. The topological polar surface area (TPSA) is 49.6 Å². The Morgan fingerprint density at radius 2 is 1.93 bits per heavy atom. The van der Waals surface area contributed by atoms with Gasteiger partial charge in [0, 0.05) is 13.6 Å². The summed E-state index contributed by atoms with van der Waals surface area (Å²) in [5.74, 6) is 0.197. The van der Waals surface area contributed by atoms with E-state index in [4.69, 9.17) is 5.73 Å². The Hall–Kier alpha value is -0.610. The summed E-state index contributed by atoms with van der Waals surface area (Å²) in [6.45, 7) is 8.01. The number of amides is 1. The van der Waals surface area contributed by atoms with Gasteiger partial charge >= 0.3 is 0 Å². The highest BCUT2D eigenvalue weighted by atomic mass is 16.2. The van der Waals surface area contributed by atoms with Crippen LogP contribution >= 0.6 is 0 Å². The van der Waals surface area contributed by atoms with Gasteiger partial charge in [-0.25, -0.2) is 0 Å². The zero-order valence-corrected chi connectivity index (χ0v) is 10.3. The van der Waals surface area contributed by atoms with Gasteiger partial charge in [0.1, 0.15) is 0 Å². The van der Waals surface area contributed by atoms with Gasteiger partial charge in [-0.15, -0.1) is 0 Å². The van der Waals surface area contributed by atoms with Crippen LogP contribution in [0.2, 0.25) is 0 Å². The number of hydrogen-bond acceptors (Lipinski definition) is 3. The van der Waals surface area contributed by atoms with Crippen LogP contribution in [-0.2, 0) is 4.79 Å². The van der Waals surface area contributed by atoms with Crippen LogP contribution in [0.5, 0.6) is 0 Å². The van der Waals surface area contributed by atoms with Crippen LogP contribution in [0.3, 0.4) is 0 Å². The maximum Gasteiger partial charge on any atom is 0.236 e. The molecule has 0 bridgehead atoms. The van der Waals surface area contributed by atoms with E-state index in [0.29, 0.717) is 13.1 Å². The van der Waals surface area contributed by atoms with E-state index in [1.54, 1.807) is 4.90 Å². The summed E-state index contributed by atoms with van der Waals surface area (Å²) >= 11 is 0. The number of carbonyl (C=O) groups is 1. The lowest BCUT2D eigenvalue weighted by Gasteiger charge is -2.23. The maximum absolute atomic E-state index is 11.7. The molecule has 4 nitrogen and oxygen atoms in total. The summed E-state index contributed by atoms with van der Waals surface area (Å²) in [5.41, 5.74) is 5.47. The van der Waals surface area contributed by atoms with Crippen molar-refractivity contribution >= 4 is 5.91 Å². The molecule has 0 rings (SSSR count). The number of likely N-dealkylation sites (N-methyl/N-ethyl adjacent to an activating group) is 1. The summed E-state index contributed by atoms with van der Waals surface area (Å²) in [4.78, 5) is 15.6. The minimum atomic E-state index is 0.197. The van der Waals surface area contributed by atoms with E-state index in [2.05, 4.69) is 11.8 Å². The van der Waals surface area contributed by atoms with E-state index in [0.717, 1.165) is 32.5 Å². The van der Waals surface area contributed by atoms with E-state index in [1.165, 1.54) is 0 Å². The molecule has 90 valence electrons. The molecule has 0 aliphatic heterocycles. The van der Waals surface area contributed by atoms with Crippen LogP contribution in [0.4, 0.5) is 0 Å². The second-order valence-corrected chi connectivity index (χ2v) is 3.83. The van der Waals surface area contributed by atoms with Gasteiger partial charge in [0.25, 0.3) is 0 Å². The Morgan fingerprint density at radius 1 is 1.27 bits per heavy atom. The lowest BCUT2D eigenvalue weighted by atomic mass is 10.3. The fourth-order valence-corrected chi connectivity index (χ4v) is 1.39. The van der Waals surface area contributed by atoms with Gasteiger partial charge in [-0.2, -0.15) is 0 Å². The van der Waals surface area contributed by atoms with Gasteiger partial charge in [-0.1, -0.05) is 6.92 Å². The van der Waals surface area contributed by atoms with Crippen LogP contribution in [0.1, 0.15) is 26.7 Å². The smallest absolute Gasteiger partial charge is 0.236 e. The van der Waals surface area contributed by atoms with E-state index in [9.17, 15) is 4.79 Å². The summed E-state index contributed by atoms with van der Waals surface area (Å²) in [6.07, 6.45) is 2.04. The highest BCUT2D eigenvalue weighted by Crippen LogP contribution is 1.96. The van der Waals surface area contributed by atoms with Crippen molar-refractivity contribution in [1.29, 1.82) is 0 Å². The van der Waals surface area contributed by atoms with Crippen molar-refractivity contribution in [3.8, 4) is 0 Å². The van der Waals surface area contributed by atoms with Gasteiger partial charge in [0.2, 0.25) is 5.91 Å². The second kappa shape index (κ2) is 8.68. The molecule has 0 saturated heterocycles. The number of hydrogen-bond donors (Lipinski definition) is 1. The van der Waals surface area contributed by atoms with Crippen LogP contribution < -0.4 is 5.73 Å². The first kappa shape index (κ1) is 14.4. The lowest BCUT2D eigenvalue weighted by molar-refractivity contribution is -0.130. The van der Waals surface area contributed by atoms with E-state index in [-0.39, 0.29) is 5.91 Å². The Bertz CT molecular complexity index is 173. The third-order valence-corrected chi connectivity index (χ3v) is 2.48. The molecule has 0 aromatic rings. The highest BCUT2D eigenvalue weighted by molar-refractivity contribution is 5.77. The van der Waals surface area contributed by atoms with Crippen molar-refractivity contribution in [2.24, 2.45) is 5.73 Å². The molecular weight excluding hydrogens is 190 g/mol. The first-order chi connectivity index (χ1) is 7.15. The molecule has 2 N–H and O–H groups in total. The van der Waals surface area contributed by atoms with Crippen LogP contribution in [-0.4, -0.2) is 55.5 Å². The predicted molar refractivity (Wildman–Crippen MR) is 63.7 cm³/mol. The fourth-order valence-electron chi connectivity index (χ4n) is 1.39. The number of nitrogens with two attached hydrogens (primary N) is 1. The van der Waals surface area contributed by atoms with Crippen LogP contribution in [0.15, 0.2) is 0 Å². The maximum atomic E-state index is 11.7. The van der Waals surface area contributed by atoms with Crippen molar-refractivity contribution in [2.75, 3.05) is 39.8 Å². The summed E-state index contributed by atoms with van der Waals surface area (Å²) in [7, 11) is 1.84. The highest BCUT2D eigenvalue weighted by Gasteiger charge is 2.11. The number of rotatable bonds is 8. The van der Waals surface area contributed by atoms with E-state index < -0.39 is 0 Å². The molecule has 15 heavy (non-hydrogen) atoms. The van der Waals surface area contributed by atoms with Crippen molar-refractivity contribution < 1.29 is 4.79 Å². The third-order valence-electron chi connectivity index (χ3n) is 2.48. The molecule has 0 fully saturated rings. The standard InChI is InChI=1S/C11H25N3O/c1-4-8-14(9-6-7-12)10-11(15)13(3)5-2/h4-10,12H2,1-3H3. The zero-order valence-electron chi connectivity index (χ0n) is 10.3. The van der Waals surface area contributed by atoms with Crippen LogP contribution in [0.25, 0.3) is 0 Å². The van der Waals surface area contributed by atoms with E-state index >= 15 is 0 Å². The largest absolute Gasteiger partial charge is 0.345 e. The molecule has 0 aliphatic carbocycles. The SMILES string of the molecule is CCCN(CCCN)CC(=O)N(C)CC. The Labute approximate surface area is 93.4 Å². The predicted octanol–water partition coefficient (Wildman–Crippen LogP) is 0.526. The van der Waals surface area contributed by atoms with Crippen LogP contribution in [0, 0.1) is 0 Å². The molecule has 0 saturated carbocycles. The average molecular weight is 215 g/mol. The number of carbonyl (C=O) groups excluding carboxylic acids is 1. The zero-order chi connectivity index (χ0) is 11.7. The Kier molecular flexibility index (Phi) is 8.33. The molecule has 0 radical (unpaired) electrons. The molecule has 0 unspecified atom stereocenters. The lowest BCUT2D eigenvalue weighted by Crippen LogP contribution is -2.39. The minimum absolute atomic E-state index is 0.197. The van der Waals surface area contributed by atoms with Gasteiger partial charge in [0.15, 0.2) is 0 Å². The Balaban J connectivity index is 3.97. The monoisotopic (exact) mass is 215 g/mol. The molecule has 0 aliphatic rings. The second-order valence-electron chi connectivity index (χ2n) is 3.83. The molecule has 0 atom stereocenters. The molecule has 0 aromatic heterocycles.